The van der Waals surface area contributed by atoms with E-state index in [4.69, 9.17) is 8.94 Å². The molecule has 1 saturated heterocycles. The van der Waals surface area contributed by atoms with Gasteiger partial charge in [0.15, 0.2) is 10.7 Å². The molecule has 152 valence electrons. The van der Waals surface area contributed by atoms with Gasteiger partial charge in [0.1, 0.15) is 11.5 Å². The van der Waals surface area contributed by atoms with Crippen LogP contribution in [-0.4, -0.2) is 42.9 Å². The lowest BCUT2D eigenvalue weighted by molar-refractivity contribution is -0.126. The maximum atomic E-state index is 13.3. The van der Waals surface area contributed by atoms with Gasteiger partial charge in [-0.05, 0) is 57.9 Å². The van der Waals surface area contributed by atoms with Crippen molar-refractivity contribution in [1.29, 1.82) is 0 Å². The third-order valence-corrected chi connectivity index (χ3v) is 6.58. The number of furan rings is 1. The average molecular weight is 407 g/mol. The van der Waals surface area contributed by atoms with E-state index in [1.165, 1.54) is 16.6 Å². The molecule has 0 unspecified atom stereocenters. The van der Waals surface area contributed by atoms with Crippen LogP contribution in [0.2, 0.25) is 0 Å². The number of nitrogens with one attached hydrogen (secondary N) is 1. The number of carbonyl (C=O) groups excluding carboxylic acids is 1. The van der Waals surface area contributed by atoms with Crippen molar-refractivity contribution >= 4 is 28.1 Å². The molecule has 1 atom stereocenters. The van der Waals surface area contributed by atoms with Gasteiger partial charge in [0, 0.05) is 19.1 Å². The van der Waals surface area contributed by atoms with Crippen molar-refractivity contribution in [2.45, 2.75) is 44.6 Å². The van der Waals surface area contributed by atoms with Crippen LogP contribution in [0.25, 0.3) is 12.2 Å². The molecule has 3 rings (SSSR count). The molecule has 8 nitrogen and oxygen atoms in total. The molecule has 1 amide bonds. The fraction of sp³-hybridized carbons (Fsp3) is 0.474. The summed E-state index contributed by atoms with van der Waals surface area (Å²) in [5.74, 6) is 0.228. The minimum absolute atomic E-state index is 0.0122. The summed E-state index contributed by atoms with van der Waals surface area (Å²) in [7, 11) is -3.85. The minimum atomic E-state index is -3.85. The summed E-state index contributed by atoms with van der Waals surface area (Å²) in [6.07, 6.45) is 5.96. The van der Waals surface area contributed by atoms with Crippen LogP contribution in [0.4, 0.5) is 0 Å². The number of aryl methyl sites for hydroxylation is 1. The first-order valence-corrected chi connectivity index (χ1v) is 10.7. The quantitative estimate of drug-likeness (QED) is 0.789. The fourth-order valence-corrected chi connectivity index (χ4v) is 5.02. The van der Waals surface area contributed by atoms with Gasteiger partial charge < -0.3 is 14.3 Å². The van der Waals surface area contributed by atoms with Gasteiger partial charge in [-0.1, -0.05) is 5.16 Å². The maximum Gasteiger partial charge on any atom is 0.248 e. The van der Waals surface area contributed by atoms with E-state index < -0.39 is 10.0 Å². The second-order valence-electron chi connectivity index (χ2n) is 7.18. The van der Waals surface area contributed by atoms with Gasteiger partial charge in [-0.25, -0.2) is 8.42 Å². The van der Waals surface area contributed by atoms with Crippen molar-refractivity contribution in [3.8, 4) is 0 Å². The molecule has 0 aromatic carbocycles. The molecular weight excluding hydrogens is 382 g/mol. The Labute approximate surface area is 164 Å². The zero-order valence-electron chi connectivity index (χ0n) is 16.2. The van der Waals surface area contributed by atoms with E-state index in [1.54, 1.807) is 25.1 Å². The lowest BCUT2D eigenvalue weighted by Gasteiger charge is -2.31. The van der Waals surface area contributed by atoms with Gasteiger partial charge in [-0.2, -0.15) is 4.31 Å². The average Bonchev–Trinajstić information content (AvgIpc) is 3.29. The summed E-state index contributed by atoms with van der Waals surface area (Å²) in [6, 6.07) is 3.49. The number of hydrogen-bond donors (Lipinski definition) is 1. The van der Waals surface area contributed by atoms with E-state index in [2.05, 4.69) is 10.5 Å². The summed E-state index contributed by atoms with van der Waals surface area (Å²) in [4.78, 5) is 12.4. The van der Waals surface area contributed by atoms with Crippen molar-refractivity contribution in [2.75, 3.05) is 13.1 Å². The van der Waals surface area contributed by atoms with E-state index in [0.29, 0.717) is 25.1 Å². The predicted octanol–water partition coefficient (Wildman–Crippen LogP) is 2.67. The lowest BCUT2D eigenvalue weighted by Crippen LogP contribution is -2.46. The van der Waals surface area contributed by atoms with Crippen LogP contribution in [0.3, 0.4) is 0 Å². The van der Waals surface area contributed by atoms with Crippen LogP contribution < -0.4 is 5.32 Å². The molecule has 28 heavy (non-hydrogen) atoms. The Hall–Kier alpha value is -2.39. The van der Waals surface area contributed by atoms with E-state index in [0.717, 1.165) is 0 Å². The number of sulfonamides is 1. The Morgan fingerprint density at radius 1 is 1.39 bits per heavy atom. The SMILES string of the molecule is Cc1noc(/C=C/c2ccco2)c1S(=O)(=O)N1CCC[C@@H](C(=O)NC(C)C)C1. The summed E-state index contributed by atoms with van der Waals surface area (Å²) in [5.41, 5.74) is 0.285. The number of hydrogen-bond acceptors (Lipinski definition) is 6. The number of piperidine rings is 1. The fourth-order valence-electron chi connectivity index (χ4n) is 3.25. The molecule has 1 aliphatic rings. The summed E-state index contributed by atoms with van der Waals surface area (Å²) < 4.78 is 38.4. The predicted molar refractivity (Wildman–Crippen MR) is 104 cm³/mol. The largest absolute Gasteiger partial charge is 0.465 e. The normalized spacial score (nSPS) is 18.8. The smallest absolute Gasteiger partial charge is 0.248 e. The second-order valence-corrected chi connectivity index (χ2v) is 9.05. The minimum Gasteiger partial charge on any atom is -0.465 e. The van der Waals surface area contributed by atoms with Crippen molar-refractivity contribution in [1.82, 2.24) is 14.8 Å². The van der Waals surface area contributed by atoms with Crippen molar-refractivity contribution in [3.05, 3.63) is 35.6 Å². The molecule has 9 heteroatoms. The summed E-state index contributed by atoms with van der Waals surface area (Å²) >= 11 is 0. The topological polar surface area (TPSA) is 106 Å². The molecular formula is C19H25N3O5S. The highest BCUT2D eigenvalue weighted by Crippen LogP contribution is 2.29. The van der Waals surface area contributed by atoms with Crippen LogP contribution in [0.15, 0.2) is 32.2 Å². The summed E-state index contributed by atoms with van der Waals surface area (Å²) in [6.45, 7) is 5.86. The molecule has 1 aliphatic heterocycles. The molecule has 0 radical (unpaired) electrons. The first kappa shape index (κ1) is 20.3. The molecule has 1 fully saturated rings. The Bertz CT molecular complexity index is 944. The third kappa shape index (κ3) is 4.36. The van der Waals surface area contributed by atoms with Crippen molar-refractivity contribution < 1.29 is 22.2 Å². The first-order chi connectivity index (χ1) is 13.3. The van der Waals surface area contributed by atoms with Crippen molar-refractivity contribution in [2.24, 2.45) is 5.92 Å². The molecule has 0 saturated carbocycles. The van der Waals surface area contributed by atoms with Gasteiger partial charge in [-0.15, -0.1) is 0 Å². The Morgan fingerprint density at radius 3 is 2.86 bits per heavy atom. The van der Waals surface area contributed by atoms with Gasteiger partial charge in [0.25, 0.3) is 0 Å². The van der Waals surface area contributed by atoms with Crippen LogP contribution in [0.5, 0.6) is 0 Å². The first-order valence-electron chi connectivity index (χ1n) is 9.27. The number of rotatable bonds is 6. The van der Waals surface area contributed by atoms with E-state index in [1.807, 2.05) is 13.8 Å². The second kappa shape index (κ2) is 8.32. The molecule has 3 heterocycles. The monoisotopic (exact) mass is 407 g/mol. The van der Waals surface area contributed by atoms with Crippen LogP contribution >= 0.6 is 0 Å². The molecule has 0 aliphatic carbocycles. The summed E-state index contributed by atoms with van der Waals surface area (Å²) in [5, 5.41) is 6.69. The third-order valence-electron chi connectivity index (χ3n) is 4.56. The molecule has 2 aromatic heterocycles. The van der Waals surface area contributed by atoms with Gasteiger partial charge in [0.2, 0.25) is 15.9 Å². The number of aromatic nitrogens is 1. The number of carbonyl (C=O) groups is 1. The Kier molecular flexibility index (Phi) is 6.04. The lowest BCUT2D eigenvalue weighted by atomic mass is 9.98. The molecule has 0 spiro atoms. The number of nitrogens with zero attached hydrogens (tertiary/aromatic N) is 2. The standard InChI is InChI=1S/C19H25N3O5S/c1-13(2)20-19(23)15-6-4-10-22(12-15)28(24,25)18-14(3)21-27-17(18)9-8-16-7-5-11-26-16/h5,7-9,11,13,15H,4,6,10,12H2,1-3H3,(H,20,23)/b9-8+/t15-/m1/s1. The highest BCUT2D eigenvalue weighted by atomic mass is 32.2. The highest BCUT2D eigenvalue weighted by molar-refractivity contribution is 7.89. The van der Waals surface area contributed by atoms with E-state index in [9.17, 15) is 13.2 Å². The van der Waals surface area contributed by atoms with Crippen molar-refractivity contribution in [3.63, 3.8) is 0 Å². The molecule has 1 N–H and O–H groups in total. The van der Waals surface area contributed by atoms with E-state index in [-0.39, 0.29) is 40.8 Å². The Balaban J connectivity index is 1.84. The Morgan fingerprint density at radius 2 is 2.18 bits per heavy atom. The van der Waals surface area contributed by atoms with Gasteiger partial charge >= 0.3 is 0 Å². The molecule has 2 aromatic rings. The van der Waals surface area contributed by atoms with Crippen LogP contribution in [-0.2, 0) is 14.8 Å². The van der Waals surface area contributed by atoms with E-state index >= 15 is 0 Å². The maximum absolute atomic E-state index is 13.3. The zero-order chi connectivity index (χ0) is 20.3. The number of amides is 1. The highest BCUT2D eigenvalue weighted by Gasteiger charge is 2.36. The molecule has 0 bridgehead atoms. The van der Waals surface area contributed by atoms with Gasteiger partial charge in [-0.3, -0.25) is 4.79 Å². The van der Waals surface area contributed by atoms with Crippen LogP contribution in [0, 0.1) is 12.8 Å². The van der Waals surface area contributed by atoms with Crippen LogP contribution in [0.1, 0.15) is 43.9 Å². The zero-order valence-corrected chi connectivity index (χ0v) is 17.0. The van der Waals surface area contributed by atoms with Gasteiger partial charge in [0.05, 0.1) is 12.2 Å².